The summed E-state index contributed by atoms with van der Waals surface area (Å²) >= 11 is 0. The molecule has 4 rings (SSSR count). The maximum atomic E-state index is 11.7. The minimum Gasteiger partial charge on any atom is -0.389 e. The van der Waals surface area contributed by atoms with E-state index in [1.165, 1.54) is 10.8 Å². The highest BCUT2D eigenvalue weighted by atomic mass is 16.3. The topological polar surface area (TPSA) is 20.2 Å². The largest absolute Gasteiger partial charge is 0.389 e. The van der Waals surface area contributed by atoms with E-state index < -0.39 is 5.60 Å². The van der Waals surface area contributed by atoms with Gasteiger partial charge in [-0.2, -0.15) is 0 Å². The first-order valence-electron chi connectivity index (χ1n) is 9.36. The fourth-order valence-corrected chi connectivity index (χ4v) is 3.73. The van der Waals surface area contributed by atoms with Gasteiger partial charge in [-0.25, -0.2) is 0 Å². The second kappa shape index (κ2) is 7.77. The molecule has 4 aromatic carbocycles. The van der Waals surface area contributed by atoms with Crippen molar-refractivity contribution >= 4 is 10.8 Å². The standard InChI is InChI=1S/C26H23O/c27-26(18-21-10-3-1-4-11-21,19-22-12-5-2-6-13-22)20-24-16-9-15-23-14-7-8-17-25(23)24/h1-17,20,27H,18-19H2. The SMILES string of the molecule is OC([CH]c1cccc2ccccc12)(Cc1ccccc1)Cc1ccccc1. The number of fused-ring (bicyclic) bond motifs is 1. The molecular formula is C26H23O. The van der Waals surface area contributed by atoms with E-state index in [-0.39, 0.29) is 0 Å². The molecule has 0 saturated heterocycles. The van der Waals surface area contributed by atoms with Crippen LogP contribution in [0, 0.1) is 6.42 Å². The molecule has 0 aliphatic carbocycles. The van der Waals surface area contributed by atoms with Crippen molar-refractivity contribution in [3.63, 3.8) is 0 Å². The average Bonchev–Trinajstić information content (AvgIpc) is 2.69. The Morgan fingerprint density at radius 3 is 1.74 bits per heavy atom. The third kappa shape index (κ3) is 4.27. The van der Waals surface area contributed by atoms with Crippen molar-refractivity contribution in [2.24, 2.45) is 0 Å². The molecule has 0 aliphatic rings. The summed E-state index contributed by atoms with van der Waals surface area (Å²) in [7, 11) is 0. The van der Waals surface area contributed by atoms with E-state index in [2.05, 4.69) is 54.6 Å². The van der Waals surface area contributed by atoms with Gasteiger partial charge in [0.25, 0.3) is 0 Å². The van der Waals surface area contributed by atoms with Crippen LogP contribution in [0.3, 0.4) is 0 Å². The van der Waals surface area contributed by atoms with Gasteiger partial charge >= 0.3 is 0 Å². The second-order valence-electron chi connectivity index (χ2n) is 7.14. The molecular weight excluding hydrogens is 328 g/mol. The summed E-state index contributed by atoms with van der Waals surface area (Å²) in [5.74, 6) is 0. The smallest absolute Gasteiger partial charge is 0.0803 e. The van der Waals surface area contributed by atoms with Crippen LogP contribution in [0.25, 0.3) is 10.8 Å². The highest BCUT2D eigenvalue weighted by Crippen LogP contribution is 2.29. The molecule has 0 unspecified atom stereocenters. The summed E-state index contributed by atoms with van der Waals surface area (Å²) in [4.78, 5) is 0. The fourth-order valence-electron chi connectivity index (χ4n) is 3.73. The number of hydrogen-bond donors (Lipinski definition) is 1. The second-order valence-corrected chi connectivity index (χ2v) is 7.14. The molecule has 1 nitrogen and oxygen atoms in total. The molecule has 27 heavy (non-hydrogen) atoms. The summed E-state index contributed by atoms with van der Waals surface area (Å²) in [6.45, 7) is 0. The van der Waals surface area contributed by atoms with Gasteiger partial charge in [0.1, 0.15) is 0 Å². The van der Waals surface area contributed by atoms with Crippen molar-refractivity contribution in [2.45, 2.75) is 18.4 Å². The first kappa shape index (κ1) is 17.5. The quantitative estimate of drug-likeness (QED) is 0.479. The Bertz CT molecular complexity index is 959. The Kier molecular flexibility index (Phi) is 5.04. The molecule has 0 saturated carbocycles. The Morgan fingerprint density at radius 1 is 0.593 bits per heavy atom. The predicted molar refractivity (Wildman–Crippen MR) is 113 cm³/mol. The summed E-state index contributed by atoms with van der Waals surface area (Å²) in [6, 6.07) is 35.0. The Hall–Kier alpha value is -2.90. The van der Waals surface area contributed by atoms with Gasteiger partial charge in [0.05, 0.1) is 5.60 Å². The van der Waals surface area contributed by atoms with Crippen molar-refractivity contribution in [1.82, 2.24) is 0 Å². The van der Waals surface area contributed by atoms with Crippen molar-refractivity contribution in [3.05, 3.63) is 126 Å². The lowest BCUT2D eigenvalue weighted by molar-refractivity contribution is 0.0781. The van der Waals surface area contributed by atoms with Gasteiger partial charge in [0.2, 0.25) is 0 Å². The summed E-state index contributed by atoms with van der Waals surface area (Å²) in [5.41, 5.74) is 2.37. The van der Waals surface area contributed by atoms with Gasteiger partial charge < -0.3 is 5.11 Å². The fraction of sp³-hybridized carbons (Fsp3) is 0.115. The molecule has 0 fully saturated rings. The highest BCUT2D eigenvalue weighted by molar-refractivity contribution is 5.86. The van der Waals surface area contributed by atoms with E-state index in [9.17, 15) is 5.11 Å². The zero-order valence-corrected chi connectivity index (χ0v) is 15.3. The molecule has 4 aromatic rings. The van der Waals surface area contributed by atoms with Gasteiger partial charge in [0.15, 0.2) is 0 Å². The van der Waals surface area contributed by atoms with Crippen LogP contribution >= 0.6 is 0 Å². The third-order valence-electron chi connectivity index (χ3n) is 4.95. The van der Waals surface area contributed by atoms with Crippen molar-refractivity contribution in [1.29, 1.82) is 0 Å². The lowest BCUT2D eigenvalue weighted by Gasteiger charge is -2.29. The van der Waals surface area contributed by atoms with Crippen LogP contribution in [-0.4, -0.2) is 10.7 Å². The molecule has 1 N–H and O–H groups in total. The highest BCUT2D eigenvalue weighted by Gasteiger charge is 2.29. The first-order valence-corrected chi connectivity index (χ1v) is 9.36. The number of rotatable bonds is 6. The summed E-state index contributed by atoms with van der Waals surface area (Å²) < 4.78 is 0. The molecule has 1 heteroatoms. The van der Waals surface area contributed by atoms with Gasteiger partial charge in [-0.05, 0) is 27.5 Å². The van der Waals surface area contributed by atoms with Crippen LogP contribution in [0.5, 0.6) is 0 Å². The first-order chi connectivity index (χ1) is 13.2. The van der Waals surface area contributed by atoms with Crippen LogP contribution in [0.1, 0.15) is 16.7 Å². The lowest BCUT2D eigenvalue weighted by Crippen LogP contribution is -2.35. The molecule has 0 heterocycles. The van der Waals surface area contributed by atoms with Crippen molar-refractivity contribution in [3.8, 4) is 0 Å². The summed E-state index contributed by atoms with van der Waals surface area (Å²) in [5, 5.41) is 14.0. The predicted octanol–water partition coefficient (Wildman–Crippen LogP) is 5.61. The monoisotopic (exact) mass is 351 g/mol. The molecule has 0 aromatic heterocycles. The van der Waals surface area contributed by atoms with Crippen LogP contribution in [0.4, 0.5) is 0 Å². The van der Waals surface area contributed by atoms with E-state index in [1.54, 1.807) is 0 Å². The molecule has 1 radical (unpaired) electrons. The van der Waals surface area contributed by atoms with Crippen molar-refractivity contribution < 1.29 is 5.11 Å². The average molecular weight is 351 g/mol. The van der Waals surface area contributed by atoms with E-state index in [4.69, 9.17) is 0 Å². The van der Waals surface area contributed by atoms with Gasteiger partial charge in [0, 0.05) is 19.3 Å². The normalized spacial score (nSPS) is 11.6. The van der Waals surface area contributed by atoms with Crippen LogP contribution in [-0.2, 0) is 12.8 Å². The molecule has 133 valence electrons. The van der Waals surface area contributed by atoms with E-state index in [1.807, 2.05) is 55.0 Å². The van der Waals surface area contributed by atoms with E-state index >= 15 is 0 Å². The number of hydrogen-bond acceptors (Lipinski definition) is 1. The molecule has 0 spiro atoms. The van der Waals surface area contributed by atoms with Gasteiger partial charge in [-0.1, -0.05) is 103 Å². The van der Waals surface area contributed by atoms with Crippen LogP contribution in [0.15, 0.2) is 103 Å². The van der Waals surface area contributed by atoms with Gasteiger partial charge in [-0.15, -0.1) is 0 Å². The van der Waals surface area contributed by atoms with E-state index in [0.717, 1.165) is 16.7 Å². The molecule has 0 bridgehead atoms. The molecule has 0 aliphatic heterocycles. The van der Waals surface area contributed by atoms with Crippen LogP contribution < -0.4 is 0 Å². The maximum Gasteiger partial charge on any atom is 0.0803 e. The van der Waals surface area contributed by atoms with E-state index in [0.29, 0.717) is 12.8 Å². The summed E-state index contributed by atoms with van der Waals surface area (Å²) in [6.07, 6.45) is 3.19. The molecule has 0 amide bonds. The van der Waals surface area contributed by atoms with Crippen molar-refractivity contribution in [2.75, 3.05) is 0 Å². The third-order valence-corrected chi connectivity index (χ3v) is 4.95. The van der Waals surface area contributed by atoms with Crippen LogP contribution in [0.2, 0.25) is 0 Å². The number of benzene rings is 4. The minimum atomic E-state index is -0.965. The Morgan fingerprint density at radius 2 is 1.11 bits per heavy atom. The minimum absolute atomic E-state index is 0.575. The zero-order chi connectivity index (χ0) is 18.5. The zero-order valence-electron chi connectivity index (χ0n) is 15.3. The van der Waals surface area contributed by atoms with Gasteiger partial charge in [-0.3, -0.25) is 0 Å². The maximum absolute atomic E-state index is 11.7. The molecule has 0 atom stereocenters. The Labute approximate surface area is 160 Å². The number of aliphatic hydroxyl groups is 1. The lowest BCUT2D eigenvalue weighted by atomic mass is 9.82. The Balaban J connectivity index is 1.70.